The van der Waals surface area contributed by atoms with Gasteiger partial charge in [0.2, 0.25) is 0 Å². The van der Waals surface area contributed by atoms with E-state index in [1.807, 2.05) is 48.6 Å². The van der Waals surface area contributed by atoms with Crippen LogP contribution in [-0.4, -0.2) is 0 Å². The van der Waals surface area contributed by atoms with Crippen LogP contribution in [0.4, 0.5) is 8.78 Å². The topological polar surface area (TPSA) is 18.5 Å². The number of hydrogen-bond donors (Lipinski definition) is 0. The van der Waals surface area contributed by atoms with E-state index in [0.29, 0.717) is 0 Å². The predicted molar refractivity (Wildman–Crippen MR) is 98.1 cm³/mol. The van der Waals surface area contributed by atoms with Crippen LogP contribution in [0.2, 0.25) is 7.25 Å². The number of hydrogen-bond acceptors (Lipinski definition) is 2. The van der Waals surface area contributed by atoms with Crippen molar-refractivity contribution in [2.24, 2.45) is 0 Å². The van der Waals surface area contributed by atoms with E-state index in [1.165, 1.54) is 12.1 Å². The summed E-state index contributed by atoms with van der Waals surface area (Å²) in [6.07, 6.45) is 15.7. The van der Waals surface area contributed by atoms with E-state index in [4.69, 9.17) is 5.63 Å². The van der Waals surface area contributed by atoms with Crippen LogP contribution in [0.3, 0.4) is 0 Å². The van der Waals surface area contributed by atoms with Crippen LogP contribution in [0.5, 0.6) is 11.5 Å². The summed E-state index contributed by atoms with van der Waals surface area (Å²) in [5.41, 5.74) is 0. The first-order valence-electron chi connectivity index (χ1n) is 8.76. The SMILES string of the molecule is Fc1ccccc1[O][Zr]([O]c1ccccc1F)([CH]1C=CC=C1)[CH]1C=CC=C1. The van der Waals surface area contributed by atoms with E-state index < -0.39 is 32.8 Å². The minimum atomic E-state index is -4.29. The molecule has 2 nitrogen and oxygen atoms in total. The molecule has 2 aromatic rings. The van der Waals surface area contributed by atoms with Crippen molar-refractivity contribution in [1.82, 2.24) is 0 Å². The van der Waals surface area contributed by atoms with Crippen molar-refractivity contribution in [2.45, 2.75) is 7.25 Å². The third-order valence-corrected chi connectivity index (χ3v) is 13.7. The van der Waals surface area contributed by atoms with Crippen LogP contribution in [0.15, 0.2) is 97.1 Å². The van der Waals surface area contributed by atoms with Gasteiger partial charge in [-0.2, -0.15) is 0 Å². The molecule has 0 aromatic heterocycles. The third kappa shape index (κ3) is 3.61. The summed E-state index contributed by atoms with van der Waals surface area (Å²) in [4.78, 5) is 0. The number of halogens is 2. The number of para-hydroxylation sites is 2. The van der Waals surface area contributed by atoms with Crippen LogP contribution in [0.25, 0.3) is 0 Å². The van der Waals surface area contributed by atoms with Crippen molar-refractivity contribution in [3.8, 4) is 11.5 Å². The summed E-state index contributed by atoms with van der Waals surface area (Å²) in [6.45, 7) is 0. The maximum atomic E-state index is 14.4. The van der Waals surface area contributed by atoms with E-state index >= 15 is 0 Å². The second kappa shape index (κ2) is 7.78. The summed E-state index contributed by atoms with van der Waals surface area (Å²) in [5, 5.41) is 0. The van der Waals surface area contributed by atoms with Gasteiger partial charge in [-0.25, -0.2) is 0 Å². The van der Waals surface area contributed by atoms with Crippen LogP contribution in [0, 0.1) is 11.6 Å². The van der Waals surface area contributed by atoms with Crippen LogP contribution in [-0.2, 0) is 21.1 Å². The van der Waals surface area contributed by atoms with Gasteiger partial charge in [-0.3, -0.25) is 0 Å². The molecule has 27 heavy (non-hydrogen) atoms. The molecule has 0 heterocycles. The van der Waals surface area contributed by atoms with Gasteiger partial charge in [-0.15, -0.1) is 0 Å². The number of rotatable bonds is 6. The zero-order valence-corrected chi connectivity index (χ0v) is 16.9. The molecule has 0 radical (unpaired) electrons. The molecule has 0 bridgehead atoms. The molecule has 0 aliphatic heterocycles. The molecule has 2 aromatic carbocycles. The molecule has 0 saturated heterocycles. The predicted octanol–water partition coefficient (Wildman–Crippen LogP) is 6.24. The summed E-state index contributed by atoms with van der Waals surface area (Å²) < 4.78 is 41.4. The van der Waals surface area contributed by atoms with Gasteiger partial charge in [0, 0.05) is 0 Å². The Balaban J connectivity index is 1.83. The Kier molecular flexibility index (Phi) is 5.22. The average molecular weight is 444 g/mol. The molecule has 2 aliphatic rings. The Labute approximate surface area is 162 Å². The Morgan fingerprint density at radius 2 is 0.963 bits per heavy atom. The van der Waals surface area contributed by atoms with Crippen molar-refractivity contribution < 1.29 is 35.6 Å². The molecule has 0 saturated carbocycles. The van der Waals surface area contributed by atoms with Gasteiger partial charge in [0.25, 0.3) is 0 Å². The van der Waals surface area contributed by atoms with Gasteiger partial charge in [0.1, 0.15) is 0 Å². The molecule has 2 aliphatic carbocycles. The van der Waals surface area contributed by atoms with Crippen molar-refractivity contribution in [3.05, 3.63) is 109 Å². The monoisotopic (exact) mass is 442 g/mol. The standard InChI is InChI=1S/2C6H5FO.2C5H5.Zr/c2*7-5-3-1-2-4-6(5)8;2*1-2-4-5-3-1;/h2*1-4,8H;2*1-5H;/q;;;;+2/p-2. The fourth-order valence-corrected chi connectivity index (χ4v) is 12.1. The second-order valence-corrected chi connectivity index (χ2v) is 14.2. The zero-order chi connectivity index (χ0) is 18.7. The van der Waals surface area contributed by atoms with Gasteiger partial charge in [0.05, 0.1) is 0 Å². The minimum absolute atomic E-state index is 0.129. The molecule has 0 N–H and O–H groups in total. The van der Waals surface area contributed by atoms with Crippen molar-refractivity contribution in [2.75, 3.05) is 0 Å². The molecule has 136 valence electrons. The van der Waals surface area contributed by atoms with Gasteiger partial charge in [-0.05, 0) is 0 Å². The Morgan fingerprint density at radius 1 is 0.593 bits per heavy atom. The van der Waals surface area contributed by atoms with E-state index in [1.54, 1.807) is 36.4 Å². The number of benzene rings is 2. The molecule has 5 heteroatoms. The van der Waals surface area contributed by atoms with Crippen LogP contribution >= 0.6 is 0 Å². The first-order chi connectivity index (χ1) is 13.2. The Morgan fingerprint density at radius 3 is 1.33 bits per heavy atom. The molecule has 0 fully saturated rings. The van der Waals surface area contributed by atoms with Gasteiger partial charge in [-0.1, -0.05) is 0 Å². The Bertz CT molecular complexity index is 847. The molecular formula is C22H18F2O2Zr. The maximum absolute atomic E-state index is 14.4. The van der Waals surface area contributed by atoms with E-state index in [0.717, 1.165) is 0 Å². The molecule has 0 spiro atoms. The average Bonchev–Trinajstić information content (AvgIpc) is 3.39. The summed E-state index contributed by atoms with van der Waals surface area (Å²) in [7, 11) is 0. The molecule has 0 atom stereocenters. The first-order valence-corrected chi connectivity index (χ1v) is 13.6. The fraction of sp³-hybridized carbons (Fsp3) is 0.0909. The van der Waals surface area contributed by atoms with Crippen LogP contribution in [0.1, 0.15) is 0 Å². The van der Waals surface area contributed by atoms with E-state index in [-0.39, 0.29) is 18.8 Å². The van der Waals surface area contributed by atoms with Crippen molar-refractivity contribution in [1.29, 1.82) is 0 Å². The second-order valence-electron chi connectivity index (χ2n) is 6.38. The fourth-order valence-electron chi connectivity index (χ4n) is 3.31. The van der Waals surface area contributed by atoms with Gasteiger partial charge < -0.3 is 0 Å². The number of allylic oxidation sites excluding steroid dienone is 8. The zero-order valence-electron chi connectivity index (χ0n) is 14.5. The van der Waals surface area contributed by atoms with E-state index in [9.17, 15) is 8.78 Å². The molecule has 4 rings (SSSR count). The van der Waals surface area contributed by atoms with Crippen molar-refractivity contribution in [3.63, 3.8) is 0 Å². The van der Waals surface area contributed by atoms with Crippen LogP contribution < -0.4 is 5.63 Å². The third-order valence-electron chi connectivity index (χ3n) is 4.64. The Hall–Kier alpha value is -2.26. The first kappa shape index (κ1) is 18.1. The van der Waals surface area contributed by atoms with Gasteiger partial charge in [0.15, 0.2) is 0 Å². The van der Waals surface area contributed by atoms with E-state index in [2.05, 4.69) is 0 Å². The summed E-state index contributed by atoms with van der Waals surface area (Å²) in [6, 6.07) is 12.6. The quantitative estimate of drug-likeness (QED) is 0.526. The summed E-state index contributed by atoms with van der Waals surface area (Å²) >= 11 is -4.29. The van der Waals surface area contributed by atoms with Gasteiger partial charge >= 0.3 is 163 Å². The normalized spacial score (nSPS) is 16.4. The molecule has 0 unspecified atom stereocenters. The molecular weight excluding hydrogens is 425 g/mol. The summed E-state index contributed by atoms with van der Waals surface area (Å²) in [5.74, 6) is -0.612. The van der Waals surface area contributed by atoms with Crippen molar-refractivity contribution >= 4 is 0 Å². The molecule has 0 amide bonds.